The topological polar surface area (TPSA) is 35.0 Å². The van der Waals surface area contributed by atoms with Gasteiger partial charge in [0.25, 0.3) is 0 Å². The van der Waals surface area contributed by atoms with Gasteiger partial charge in [-0.15, -0.1) is 0 Å². The number of ether oxygens (including phenoxy) is 1. The summed E-state index contributed by atoms with van der Waals surface area (Å²) in [5, 5.41) is 0. The lowest BCUT2D eigenvalue weighted by Gasteiger charge is -2.27. The van der Waals surface area contributed by atoms with Crippen LogP contribution in [0.4, 0.5) is 0 Å². The molecule has 2 aromatic rings. The van der Waals surface area contributed by atoms with E-state index in [4.69, 9.17) is 4.74 Å². The number of aromatic nitrogens is 2. The van der Waals surface area contributed by atoms with Gasteiger partial charge in [0.1, 0.15) is 5.75 Å². The monoisotopic (exact) mass is 366 g/mol. The average Bonchev–Trinajstić information content (AvgIpc) is 2.74. The van der Waals surface area contributed by atoms with Crippen LogP contribution in [-0.4, -0.2) is 16.6 Å². The van der Waals surface area contributed by atoms with Crippen LogP contribution >= 0.6 is 0 Å². The van der Waals surface area contributed by atoms with Gasteiger partial charge in [0.15, 0.2) is 5.82 Å². The van der Waals surface area contributed by atoms with Crippen LogP contribution < -0.4 is 4.74 Å². The molecular formula is C24H34N2O. The van der Waals surface area contributed by atoms with Gasteiger partial charge in [-0.05, 0) is 73.8 Å². The largest absolute Gasteiger partial charge is 0.494 e. The zero-order chi connectivity index (χ0) is 18.9. The van der Waals surface area contributed by atoms with Crippen LogP contribution in [0.5, 0.6) is 5.75 Å². The zero-order valence-corrected chi connectivity index (χ0v) is 17.0. The summed E-state index contributed by atoms with van der Waals surface area (Å²) in [5.41, 5.74) is 2.36. The van der Waals surface area contributed by atoms with Crippen molar-refractivity contribution >= 4 is 0 Å². The summed E-state index contributed by atoms with van der Waals surface area (Å²) in [4.78, 5) is 9.27. The van der Waals surface area contributed by atoms with Gasteiger partial charge in [0.05, 0.1) is 6.61 Å². The average molecular weight is 367 g/mol. The summed E-state index contributed by atoms with van der Waals surface area (Å²) in [6.07, 6.45) is 15.6. The molecule has 1 aliphatic rings. The fraction of sp³-hybridized carbons (Fsp3) is 0.583. The first-order chi connectivity index (χ1) is 13.3. The second kappa shape index (κ2) is 10.4. The Bertz CT molecular complexity index is 658. The van der Waals surface area contributed by atoms with Gasteiger partial charge in [-0.2, -0.15) is 0 Å². The molecule has 0 unspecified atom stereocenters. The molecule has 1 heterocycles. The van der Waals surface area contributed by atoms with Crippen LogP contribution in [0, 0.1) is 5.92 Å². The summed E-state index contributed by atoms with van der Waals surface area (Å²) in [7, 11) is 0. The number of nitrogens with zero attached hydrogens (tertiary/aromatic N) is 2. The Morgan fingerprint density at radius 1 is 0.889 bits per heavy atom. The first-order valence-corrected chi connectivity index (χ1v) is 10.8. The van der Waals surface area contributed by atoms with Crippen molar-refractivity contribution in [2.75, 3.05) is 6.61 Å². The van der Waals surface area contributed by atoms with E-state index in [1.165, 1.54) is 56.9 Å². The second-order valence-corrected chi connectivity index (χ2v) is 7.90. The van der Waals surface area contributed by atoms with Crippen molar-refractivity contribution in [2.24, 2.45) is 5.92 Å². The van der Waals surface area contributed by atoms with Gasteiger partial charge in [-0.3, -0.25) is 0 Å². The molecule has 3 heteroatoms. The van der Waals surface area contributed by atoms with Gasteiger partial charge >= 0.3 is 0 Å². The normalized spacial score (nSPS) is 19.8. The van der Waals surface area contributed by atoms with E-state index in [0.717, 1.165) is 36.1 Å². The first-order valence-electron chi connectivity index (χ1n) is 10.8. The van der Waals surface area contributed by atoms with Crippen LogP contribution in [0.3, 0.4) is 0 Å². The minimum absolute atomic E-state index is 0.644. The van der Waals surface area contributed by atoms with E-state index < -0.39 is 0 Å². The van der Waals surface area contributed by atoms with Crippen molar-refractivity contribution in [3.05, 3.63) is 42.2 Å². The van der Waals surface area contributed by atoms with Crippen molar-refractivity contribution in [3.63, 3.8) is 0 Å². The summed E-state index contributed by atoms with van der Waals surface area (Å²) in [5.74, 6) is 3.30. The molecule has 27 heavy (non-hydrogen) atoms. The molecule has 146 valence electrons. The molecule has 0 saturated heterocycles. The third-order valence-corrected chi connectivity index (χ3v) is 5.95. The minimum atomic E-state index is 0.644. The highest BCUT2D eigenvalue weighted by atomic mass is 16.5. The van der Waals surface area contributed by atoms with Crippen LogP contribution in [0.15, 0.2) is 36.7 Å². The van der Waals surface area contributed by atoms with E-state index in [9.17, 15) is 0 Å². The Balaban J connectivity index is 1.52. The van der Waals surface area contributed by atoms with Gasteiger partial charge in [0, 0.05) is 18.0 Å². The van der Waals surface area contributed by atoms with Crippen LogP contribution in [0.25, 0.3) is 11.4 Å². The van der Waals surface area contributed by atoms with Crippen LogP contribution in [0.2, 0.25) is 0 Å². The van der Waals surface area contributed by atoms with Crippen molar-refractivity contribution < 1.29 is 4.74 Å². The molecule has 0 radical (unpaired) electrons. The second-order valence-electron chi connectivity index (χ2n) is 7.90. The van der Waals surface area contributed by atoms with Crippen molar-refractivity contribution in [1.29, 1.82) is 0 Å². The summed E-state index contributed by atoms with van der Waals surface area (Å²) >= 11 is 0. The number of hydrogen-bond donors (Lipinski definition) is 0. The molecule has 0 bridgehead atoms. The van der Waals surface area contributed by atoms with Gasteiger partial charge in [-0.1, -0.05) is 39.5 Å². The van der Waals surface area contributed by atoms with Crippen LogP contribution in [-0.2, 0) is 0 Å². The molecule has 1 fully saturated rings. The highest BCUT2D eigenvalue weighted by Gasteiger charge is 2.21. The van der Waals surface area contributed by atoms with E-state index in [-0.39, 0.29) is 0 Å². The van der Waals surface area contributed by atoms with Gasteiger partial charge < -0.3 is 4.74 Å². The standard InChI is InChI=1S/C24H34N2O/c1-3-5-6-7-16-27-23-14-12-21(13-15-23)24-25-17-22(18-26-24)20-10-8-19(4-2)9-11-20/h12-15,17-20H,3-11,16H2,1-2H3/t19-,20-. The van der Waals surface area contributed by atoms with E-state index in [0.29, 0.717) is 5.92 Å². The third-order valence-electron chi connectivity index (χ3n) is 5.95. The Kier molecular flexibility index (Phi) is 7.67. The molecule has 1 aliphatic carbocycles. The van der Waals surface area contributed by atoms with E-state index in [1.54, 1.807) is 0 Å². The van der Waals surface area contributed by atoms with Crippen molar-refractivity contribution in [3.8, 4) is 17.1 Å². The predicted molar refractivity (Wildman–Crippen MR) is 112 cm³/mol. The van der Waals surface area contributed by atoms with Crippen LogP contribution in [0.1, 0.15) is 83.1 Å². The molecule has 3 rings (SSSR count). The number of benzene rings is 1. The third kappa shape index (κ3) is 5.79. The number of rotatable bonds is 9. The van der Waals surface area contributed by atoms with Gasteiger partial charge in [-0.25, -0.2) is 9.97 Å². The highest BCUT2D eigenvalue weighted by Crippen LogP contribution is 2.36. The fourth-order valence-corrected chi connectivity index (χ4v) is 4.02. The summed E-state index contributed by atoms with van der Waals surface area (Å²) in [6.45, 7) is 5.33. The maximum Gasteiger partial charge on any atom is 0.159 e. The molecular weight excluding hydrogens is 332 g/mol. The Labute approximate surface area is 164 Å². The van der Waals surface area contributed by atoms with Crippen molar-refractivity contribution in [1.82, 2.24) is 9.97 Å². The first kappa shape index (κ1) is 19.9. The lowest BCUT2D eigenvalue weighted by Crippen LogP contribution is -2.13. The Hall–Kier alpha value is -1.90. The maximum atomic E-state index is 5.82. The van der Waals surface area contributed by atoms with Crippen molar-refractivity contribution in [2.45, 2.75) is 77.6 Å². The molecule has 0 spiro atoms. The molecule has 3 nitrogen and oxygen atoms in total. The molecule has 0 amide bonds. The number of unbranched alkanes of at least 4 members (excludes halogenated alkanes) is 3. The SMILES string of the molecule is CCCCCCOc1ccc(-c2ncc([C@H]3CC[C@H](CC)CC3)cn2)cc1. The Morgan fingerprint density at radius 2 is 1.59 bits per heavy atom. The van der Waals surface area contributed by atoms with Gasteiger partial charge in [0.2, 0.25) is 0 Å². The molecule has 0 N–H and O–H groups in total. The smallest absolute Gasteiger partial charge is 0.159 e. The Morgan fingerprint density at radius 3 is 2.22 bits per heavy atom. The summed E-state index contributed by atoms with van der Waals surface area (Å²) in [6, 6.07) is 8.17. The summed E-state index contributed by atoms with van der Waals surface area (Å²) < 4.78 is 5.82. The predicted octanol–water partition coefficient (Wildman–Crippen LogP) is 6.79. The fourth-order valence-electron chi connectivity index (χ4n) is 4.02. The lowest BCUT2D eigenvalue weighted by molar-refractivity contribution is 0.305. The highest BCUT2D eigenvalue weighted by molar-refractivity contribution is 5.56. The molecule has 0 atom stereocenters. The number of hydrogen-bond acceptors (Lipinski definition) is 3. The quantitative estimate of drug-likeness (QED) is 0.458. The minimum Gasteiger partial charge on any atom is -0.494 e. The molecule has 1 saturated carbocycles. The lowest BCUT2D eigenvalue weighted by atomic mass is 9.78. The van der Waals surface area contributed by atoms with E-state index in [1.807, 2.05) is 24.5 Å². The molecule has 1 aromatic heterocycles. The molecule has 1 aromatic carbocycles. The zero-order valence-electron chi connectivity index (χ0n) is 17.0. The maximum absolute atomic E-state index is 5.82. The molecule has 0 aliphatic heterocycles. The van der Waals surface area contributed by atoms with E-state index in [2.05, 4.69) is 35.9 Å². The van der Waals surface area contributed by atoms with E-state index >= 15 is 0 Å².